The van der Waals surface area contributed by atoms with Crippen LogP contribution in [0.2, 0.25) is 0 Å². The van der Waals surface area contributed by atoms with E-state index in [0.717, 1.165) is 44.9 Å². The summed E-state index contributed by atoms with van der Waals surface area (Å²) in [6, 6.07) is 0.376. The number of amides is 1. The number of carbonyl (C=O) groups is 1. The third-order valence-corrected chi connectivity index (χ3v) is 4.11. The van der Waals surface area contributed by atoms with Gasteiger partial charge in [-0.3, -0.25) is 9.79 Å². The van der Waals surface area contributed by atoms with Gasteiger partial charge >= 0.3 is 0 Å². The molecule has 1 aliphatic heterocycles. The molecule has 5 nitrogen and oxygen atoms in total. The number of rotatable bonds is 7. The van der Waals surface area contributed by atoms with E-state index < -0.39 is 0 Å². The number of guanidine groups is 1. The summed E-state index contributed by atoms with van der Waals surface area (Å²) in [5.74, 6) is 1.06. The summed E-state index contributed by atoms with van der Waals surface area (Å²) >= 11 is 0. The Morgan fingerprint density at radius 1 is 1.25 bits per heavy atom. The molecule has 0 aromatic carbocycles. The Balaban J connectivity index is 0.00000529. The standard InChI is InChI=1S/C18H36N4O.HI/c1-6-19-17(21-15(2)9-11-18(3,4)5)20-12-10-16(23)22-13-7-8-14-22;/h15H,6-14H2,1-5H3,(H2,19,20,21);1H. The number of hydrogen-bond donors (Lipinski definition) is 2. The predicted octanol–water partition coefficient (Wildman–Crippen LogP) is 3.39. The van der Waals surface area contributed by atoms with Gasteiger partial charge in [-0.2, -0.15) is 0 Å². The number of likely N-dealkylation sites (tertiary alicyclic amines) is 1. The second-order valence-corrected chi connectivity index (χ2v) is 7.74. The van der Waals surface area contributed by atoms with Gasteiger partial charge in [0.1, 0.15) is 0 Å². The molecule has 0 spiro atoms. The Morgan fingerprint density at radius 2 is 1.88 bits per heavy atom. The third-order valence-electron chi connectivity index (χ3n) is 4.11. The van der Waals surface area contributed by atoms with Gasteiger partial charge in [-0.1, -0.05) is 20.8 Å². The highest BCUT2D eigenvalue weighted by atomic mass is 127. The van der Waals surface area contributed by atoms with E-state index >= 15 is 0 Å². The van der Waals surface area contributed by atoms with Gasteiger partial charge in [0.25, 0.3) is 0 Å². The lowest BCUT2D eigenvalue weighted by Gasteiger charge is -2.23. The van der Waals surface area contributed by atoms with Crippen molar-refractivity contribution >= 4 is 35.8 Å². The van der Waals surface area contributed by atoms with Crippen LogP contribution >= 0.6 is 24.0 Å². The maximum atomic E-state index is 12.0. The molecule has 0 aliphatic carbocycles. The Bertz CT molecular complexity index is 387. The van der Waals surface area contributed by atoms with E-state index in [9.17, 15) is 4.79 Å². The van der Waals surface area contributed by atoms with Gasteiger partial charge in [0.05, 0.1) is 6.54 Å². The zero-order chi connectivity index (χ0) is 17.3. The summed E-state index contributed by atoms with van der Waals surface area (Å²) in [6.07, 6.45) is 5.08. The van der Waals surface area contributed by atoms with E-state index in [2.05, 4.69) is 50.2 Å². The minimum atomic E-state index is 0. The van der Waals surface area contributed by atoms with Gasteiger partial charge in [0.15, 0.2) is 5.96 Å². The Labute approximate surface area is 165 Å². The fourth-order valence-electron chi connectivity index (χ4n) is 2.66. The maximum Gasteiger partial charge on any atom is 0.224 e. The molecule has 1 rings (SSSR count). The summed E-state index contributed by atoms with van der Waals surface area (Å²) in [4.78, 5) is 18.6. The highest BCUT2D eigenvalue weighted by molar-refractivity contribution is 14.0. The van der Waals surface area contributed by atoms with Gasteiger partial charge in [0.2, 0.25) is 5.91 Å². The summed E-state index contributed by atoms with van der Waals surface area (Å²) in [5.41, 5.74) is 0.355. The van der Waals surface area contributed by atoms with Crippen molar-refractivity contribution in [1.29, 1.82) is 0 Å². The first-order valence-corrected chi connectivity index (χ1v) is 9.14. The molecule has 6 heteroatoms. The lowest BCUT2D eigenvalue weighted by Crippen LogP contribution is -2.42. The van der Waals surface area contributed by atoms with Crippen molar-refractivity contribution in [2.24, 2.45) is 10.4 Å². The second kappa shape index (κ2) is 11.9. The monoisotopic (exact) mass is 452 g/mol. The van der Waals surface area contributed by atoms with Crippen molar-refractivity contribution in [2.45, 2.75) is 72.8 Å². The lowest BCUT2D eigenvalue weighted by atomic mass is 9.89. The molecule has 0 bridgehead atoms. The molecule has 0 saturated carbocycles. The van der Waals surface area contributed by atoms with Crippen LogP contribution < -0.4 is 10.6 Å². The van der Waals surface area contributed by atoms with Crippen molar-refractivity contribution in [3.8, 4) is 0 Å². The molecule has 1 unspecified atom stereocenters. The van der Waals surface area contributed by atoms with E-state index in [1.807, 2.05) is 4.90 Å². The molecule has 0 aromatic heterocycles. The topological polar surface area (TPSA) is 56.7 Å². The van der Waals surface area contributed by atoms with E-state index in [-0.39, 0.29) is 29.9 Å². The fourth-order valence-corrected chi connectivity index (χ4v) is 2.66. The summed E-state index contributed by atoms with van der Waals surface area (Å²) < 4.78 is 0. The van der Waals surface area contributed by atoms with Crippen LogP contribution in [-0.2, 0) is 4.79 Å². The molecule has 24 heavy (non-hydrogen) atoms. The zero-order valence-electron chi connectivity index (χ0n) is 16.2. The third kappa shape index (κ3) is 10.4. The zero-order valence-corrected chi connectivity index (χ0v) is 18.5. The fraction of sp³-hybridized carbons (Fsp3) is 0.889. The van der Waals surface area contributed by atoms with Crippen molar-refractivity contribution in [1.82, 2.24) is 15.5 Å². The van der Waals surface area contributed by atoms with Crippen LogP contribution in [0.3, 0.4) is 0 Å². The van der Waals surface area contributed by atoms with Crippen LogP contribution in [0.25, 0.3) is 0 Å². The molecule has 1 atom stereocenters. The minimum absolute atomic E-state index is 0. The largest absolute Gasteiger partial charge is 0.357 e. The van der Waals surface area contributed by atoms with Crippen molar-refractivity contribution in [2.75, 3.05) is 26.2 Å². The van der Waals surface area contributed by atoms with Crippen molar-refractivity contribution in [3.63, 3.8) is 0 Å². The maximum absolute atomic E-state index is 12.0. The predicted molar refractivity (Wildman–Crippen MR) is 113 cm³/mol. The molecule has 2 N–H and O–H groups in total. The van der Waals surface area contributed by atoms with Crippen LogP contribution in [-0.4, -0.2) is 49.0 Å². The van der Waals surface area contributed by atoms with Crippen LogP contribution in [0, 0.1) is 5.41 Å². The highest BCUT2D eigenvalue weighted by Crippen LogP contribution is 2.21. The molecule has 142 valence electrons. The van der Waals surface area contributed by atoms with Gasteiger partial charge in [-0.05, 0) is 44.9 Å². The Hall–Kier alpha value is -0.530. The quantitative estimate of drug-likeness (QED) is 0.354. The summed E-state index contributed by atoms with van der Waals surface area (Å²) in [7, 11) is 0. The number of aliphatic imine (C=N–C) groups is 1. The van der Waals surface area contributed by atoms with Crippen molar-refractivity contribution < 1.29 is 4.79 Å². The number of nitrogens with one attached hydrogen (secondary N) is 2. The second-order valence-electron chi connectivity index (χ2n) is 7.74. The SMILES string of the molecule is CCNC(=NCCC(=O)N1CCCC1)NC(C)CCC(C)(C)C.I. The van der Waals surface area contributed by atoms with Gasteiger partial charge in [0, 0.05) is 32.1 Å². The molecule has 1 amide bonds. The van der Waals surface area contributed by atoms with Gasteiger partial charge in [-0.25, -0.2) is 0 Å². The number of halogens is 1. The summed E-state index contributed by atoms with van der Waals surface area (Å²) in [5, 5.41) is 6.72. The lowest BCUT2D eigenvalue weighted by molar-refractivity contribution is -0.129. The first kappa shape index (κ1) is 23.5. The Morgan fingerprint density at radius 3 is 2.42 bits per heavy atom. The molecule has 1 saturated heterocycles. The molecule has 0 aromatic rings. The van der Waals surface area contributed by atoms with Crippen molar-refractivity contribution in [3.05, 3.63) is 0 Å². The first-order valence-electron chi connectivity index (χ1n) is 9.14. The van der Waals surface area contributed by atoms with E-state index in [0.29, 0.717) is 24.4 Å². The molecule has 0 radical (unpaired) electrons. The number of carbonyl (C=O) groups excluding carboxylic acids is 1. The molecule has 1 fully saturated rings. The average molecular weight is 452 g/mol. The smallest absolute Gasteiger partial charge is 0.224 e. The van der Waals surface area contributed by atoms with Crippen LogP contribution in [0.5, 0.6) is 0 Å². The molecule has 1 heterocycles. The molecular weight excluding hydrogens is 415 g/mol. The Kier molecular flexibility index (Phi) is 11.7. The van der Waals surface area contributed by atoms with Gasteiger partial charge < -0.3 is 15.5 Å². The summed E-state index contributed by atoms with van der Waals surface area (Å²) in [6.45, 7) is 14.3. The van der Waals surface area contributed by atoms with E-state index in [4.69, 9.17) is 0 Å². The van der Waals surface area contributed by atoms with E-state index in [1.165, 1.54) is 6.42 Å². The number of hydrogen-bond acceptors (Lipinski definition) is 2. The number of nitrogens with zero attached hydrogens (tertiary/aromatic N) is 2. The highest BCUT2D eigenvalue weighted by Gasteiger charge is 2.17. The molecular formula is C18H37IN4O. The van der Waals surface area contributed by atoms with Crippen LogP contribution in [0.1, 0.15) is 66.7 Å². The van der Waals surface area contributed by atoms with Crippen LogP contribution in [0.15, 0.2) is 4.99 Å². The van der Waals surface area contributed by atoms with Crippen LogP contribution in [0.4, 0.5) is 0 Å². The minimum Gasteiger partial charge on any atom is -0.357 e. The van der Waals surface area contributed by atoms with Gasteiger partial charge in [-0.15, -0.1) is 24.0 Å². The first-order chi connectivity index (χ1) is 10.8. The average Bonchev–Trinajstić information content (AvgIpc) is 2.98. The normalized spacial score (nSPS) is 16.5. The molecule has 1 aliphatic rings. The van der Waals surface area contributed by atoms with E-state index in [1.54, 1.807) is 0 Å².